The number of nitro benzene ring substituents is 1. The summed E-state index contributed by atoms with van der Waals surface area (Å²) in [4.78, 5) is 22.0. The molecule has 0 aromatic heterocycles. The number of amides is 1. The summed E-state index contributed by atoms with van der Waals surface area (Å²) < 4.78 is 5.19. The van der Waals surface area contributed by atoms with Gasteiger partial charge in [0.2, 0.25) is 0 Å². The molecule has 1 rings (SSSR count). The van der Waals surface area contributed by atoms with Crippen LogP contribution in [0.1, 0.15) is 26.3 Å². The van der Waals surface area contributed by atoms with Gasteiger partial charge in [0.05, 0.1) is 17.1 Å². The van der Waals surface area contributed by atoms with Crippen molar-refractivity contribution in [1.29, 1.82) is 0 Å². The van der Waals surface area contributed by atoms with Crippen molar-refractivity contribution in [1.82, 2.24) is 5.32 Å². The number of carbonyl (C=O) groups is 1. The molecule has 1 amide bonds. The van der Waals surface area contributed by atoms with Crippen LogP contribution in [-0.4, -0.2) is 39.2 Å². The molecule has 0 saturated heterocycles. The average Bonchev–Trinajstić information content (AvgIpc) is 2.44. The first-order chi connectivity index (χ1) is 10.6. The van der Waals surface area contributed by atoms with E-state index in [2.05, 4.69) is 21.2 Å². The van der Waals surface area contributed by atoms with Crippen LogP contribution in [0.5, 0.6) is 0 Å². The lowest BCUT2D eigenvalue weighted by Gasteiger charge is -2.26. The molecule has 0 fully saturated rings. The third-order valence-electron chi connectivity index (χ3n) is 2.93. The number of non-ortho nitro benzene ring substituents is 1. The van der Waals surface area contributed by atoms with E-state index in [1.807, 2.05) is 0 Å². The number of nitrogens with zero attached hydrogens (tertiary/aromatic N) is 1. The molecule has 8 heteroatoms. The largest absolute Gasteiger partial charge is 0.444 e. The maximum Gasteiger partial charge on any atom is 0.407 e. The van der Waals surface area contributed by atoms with Gasteiger partial charge in [-0.05, 0) is 32.8 Å². The normalized spacial score (nSPS) is 14.0. The van der Waals surface area contributed by atoms with Crippen molar-refractivity contribution in [2.75, 3.05) is 5.33 Å². The van der Waals surface area contributed by atoms with E-state index < -0.39 is 28.8 Å². The molecule has 0 radical (unpaired) electrons. The van der Waals surface area contributed by atoms with Crippen LogP contribution >= 0.6 is 15.9 Å². The number of benzene rings is 1. The summed E-state index contributed by atoms with van der Waals surface area (Å²) in [5.41, 5.74) is 0.115. The Morgan fingerprint density at radius 2 is 1.96 bits per heavy atom. The number of hydrogen-bond acceptors (Lipinski definition) is 5. The zero-order chi connectivity index (χ0) is 17.6. The lowest BCUT2D eigenvalue weighted by molar-refractivity contribution is -0.384. The fourth-order valence-corrected chi connectivity index (χ4v) is 2.31. The van der Waals surface area contributed by atoms with Gasteiger partial charge >= 0.3 is 6.09 Å². The van der Waals surface area contributed by atoms with Gasteiger partial charge in [0.1, 0.15) is 5.60 Å². The molecule has 0 bridgehead atoms. The van der Waals surface area contributed by atoms with Gasteiger partial charge in [-0.25, -0.2) is 4.79 Å². The molecule has 2 atom stereocenters. The van der Waals surface area contributed by atoms with E-state index in [-0.39, 0.29) is 11.0 Å². The third-order valence-corrected chi connectivity index (χ3v) is 3.59. The van der Waals surface area contributed by atoms with E-state index in [0.717, 1.165) is 5.56 Å². The highest BCUT2D eigenvalue weighted by molar-refractivity contribution is 9.09. The predicted octanol–water partition coefficient (Wildman–Crippen LogP) is 2.79. The van der Waals surface area contributed by atoms with Crippen LogP contribution in [-0.2, 0) is 11.2 Å². The van der Waals surface area contributed by atoms with Gasteiger partial charge in [0, 0.05) is 17.5 Å². The molecule has 1 aromatic rings. The second-order valence-corrected chi connectivity index (χ2v) is 6.75. The zero-order valence-corrected chi connectivity index (χ0v) is 14.9. The highest BCUT2D eigenvalue weighted by Crippen LogP contribution is 2.15. The molecule has 0 heterocycles. The molecule has 0 aliphatic rings. The van der Waals surface area contributed by atoms with Crippen LogP contribution in [0.3, 0.4) is 0 Å². The highest BCUT2D eigenvalue weighted by Gasteiger charge is 2.24. The number of halogens is 1. The van der Waals surface area contributed by atoms with Gasteiger partial charge in [0.25, 0.3) is 5.69 Å². The Morgan fingerprint density at radius 3 is 2.39 bits per heavy atom. The SMILES string of the molecule is CC(C)(C)OC(=O)N[C@@H](Cc1ccc([N+](=O)[O-])cc1)[C@H](O)CBr. The summed E-state index contributed by atoms with van der Waals surface area (Å²) in [6.45, 7) is 5.25. The highest BCUT2D eigenvalue weighted by atomic mass is 79.9. The Morgan fingerprint density at radius 1 is 1.39 bits per heavy atom. The quantitative estimate of drug-likeness (QED) is 0.443. The summed E-state index contributed by atoms with van der Waals surface area (Å²) in [6.07, 6.45) is -1.12. The van der Waals surface area contributed by atoms with Crippen molar-refractivity contribution < 1.29 is 19.6 Å². The molecule has 0 spiro atoms. The molecule has 0 unspecified atom stereocenters. The summed E-state index contributed by atoms with van der Waals surface area (Å²) >= 11 is 3.18. The van der Waals surface area contributed by atoms with Crippen molar-refractivity contribution in [2.24, 2.45) is 0 Å². The van der Waals surface area contributed by atoms with Crippen LogP contribution < -0.4 is 5.32 Å². The molecule has 0 aliphatic heterocycles. The van der Waals surface area contributed by atoms with Crippen LogP contribution in [0.15, 0.2) is 24.3 Å². The number of nitrogens with one attached hydrogen (secondary N) is 1. The number of nitro groups is 1. The lowest BCUT2D eigenvalue weighted by atomic mass is 10.0. The number of ether oxygens (including phenoxy) is 1. The maximum absolute atomic E-state index is 11.9. The second kappa shape index (κ2) is 8.26. The number of aliphatic hydroxyl groups excluding tert-OH is 1. The molecule has 7 nitrogen and oxygen atoms in total. The summed E-state index contributed by atoms with van der Waals surface area (Å²) in [6, 6.07) is 5.40. The maximum atomic E-state index is 11.9. The monoisotopic (exact) mass is 388 g/mol. The minimum atomic E-state index is -0.822. The molecule has 2 N–H and O–H groups in total. The van der Waals surface area contributed by atoms with Crippen molar-refractivity contribution in [3.8, 4) is 0 Å². The summed E-state index contributed by atoms with van der Waals surface area (Å²) in [5, 5.41) is 23.6. The van der Waals surface area contributed by atoms with E-state index in [4.69, 9.17) is 4.74 Å². The van der Waals surface area contributed by atoms with Crippen LogP contribution in [0.25, 0.3) is 0 Å². The van der Waals surface area contributed by atoms with E-state index in [9.17, 15) is 20.0 Å². The number of hydrogen-bond donors (Lipinski definition) is 2. The van der Waals surface area contributed by atoms with Gasteiger partial charge in [-0.3, -0.25) is 10.1 Å². The van der Waals surface area contributed by atoms with Crippen LogP contribution in [0.2, 0.25) is 0 Å². The number of aliphatic hydroxyl groups is 1. The summed E-state index contributed by atoms with van der Waals surface area (Å²) in [7, 11) is 0. The average molecular weight is 389 g/mol. The lowest BCUT2D eigenvalue weighted by Crippen LogP contribution is -2.47. The molecule has 128 valence electrons. The molecule has 0 aliphatic carbocycles. The standard InChI is InChI=1S/C15H21BrN2O5/c1-15(2,3)23-14(20)17-12(13(19)9-16)8-10-4-6-11(7-5-10)18(21)22/h4-7,12-13,19H,8-9H2,1-3H3,(H,17,20)/t12-,13+/m0/s1. The second-order valence-electron chi connectivity index (χ2n) is 6.10. The fourth-order valence-electron chi connectivity index (χ4n) is 1.86. The van der Waals surface area contributed by atoms with Crippen LogP contribution in [0.4, 0.5) is 10.5 Å². The van der Waals surface area contributed by atoms with Crippen molar-refractivity contribution in [3.63, 3.8) is 0 Å². The van der Waals surface area contributed by atoms with Gasteiger partial charge in [-0.15, -0.1) is 0 Å². The van der Waals surface area contributed by atoms with Gasteiger partial charge in [-0.1, -0.05) is 28.1 Å². The fraction of sp³-hybridized carbons (Fsp3) is 0.533. The number of carbonyl (C=O) groups excluding carboxylic acids is 1. The Bertz CT molecular complexity index is 542. The Balaban J connectivity index is 2.78. The number of rotatable bonds is 6. The first-order valence-corrected chi connectivity index (χ1v) is 8.21. The van der Waals surface area contributed by atoms with Gasteiger partial charge in [0.15, 0.2) is 0 Å². The number of alkyl halides is 1. The number of alkyl carbamates (subject to hydrolysis) is 1. The van der Waals surface area contributed by atoms with E-state index in [0.29, 0.717) is 6.42 Å². The Labute approximate surface area is 143 Å². The minimum absolute atomic E-state index is 0.00792. The van der Waals surface area contributed by atoms with E-state index >= 15 is 0 Å². The minimum Gasteiger partial charge on any atom is -0.444 e. The first-order valence-electron chi connectivity index (χ1n) is 7.09. The van der Waals surface area contributed by atoms with E-state index in [1.54, 1.807) is 32.9 Å². The predicted molar refractivity (Wildman–Crippen MR) is 89.8 cm³/mol. The van der Waals surface area contributed by atoms with Gasteiger partial charge in [-0.2, -0.15) is 0 Å². The molecule has 23 heavy (non-hydrogen) atoms. The molecule has 1 aromatic carbocycles. The zero-order valence-electron chi connectivity index (χ0n) is 13.3. The van der Waals surface area contributed by atoms with Gasteiger partial charge < -0.3 is 15.2 Å². The van der Waals surface area contributed by atoms with Crippen molar-refractivity contribution in [2.45, 2.75) is 44.9 Å². The van der Waals surface area contributed by atoms with Crippen molar-refractivity contribution >= 4 is 27.7 Å². The molecular formula is C15H21BrN2O5. The van der Waals surface area contributed by atoms with Crippen LogP contribution in [0, 0.1) is 10.1 Å². The topological polar surface area (TPSA) is 102 Å². The smallest absolute Gasteiger partial charge is 0.407 e. The van der Waals surface area contributed by atoms with Crippen molar-refractivity contribution in [3.05, 3.63) is 39.9 Å². The third kappa shape index (κ3) is 6.96. The first kappa shape index (κ1) is 19.4. The Hall–Kier alpha value is -1.67. The molecule has 0 saturated carbocycles. The summed E-state index contributed by atoms with van der Waals surface area (Å²) in [5.74, 6) is 0. The van der Waals surface area contributed by atoms with E-state index in [1.165, 1.54) is 12.1 Å². The Kier molecular flexibility index (Phi) is 6.96. The molecular weight excluding hydrogens is 368 g/mol.